The van der Waals surface area contributed by atoms with Gasteiger partial charge in [-0.2, -0.15) is 0 Å². The third-order valence-corrected chi connectivity index (χ3v) is 2.21. The van der Waals surface area contributed by atoms with Crippen LogP contribution in [0.25, 0.3) is 0 Å². The predicted octanol–water partition coefficient (Wildman–Crippen LogP) is 3.90. The van der Waals surface area contributed by atoms with E-state index in [4.69, 9.17) is 11.6 Å². The van der Waals surface area contributed by atoms with Crippen LogP contribution in [0.1, 0.15) is 18.1 Å². The normalized spacial score (nSPS) is 11.8. The monoisotopic (exact) mass is 208 g/mol. The van der Waals surface area contributed by atoms with Crippen molar-refractivity contribution >= 4 is 11.6 Å². The lowest BCUT2D eigenvalue weighted by Gasteiger charge is -2.14. The van der Waals surface area contributed by atoms with Crippen LogP contribution < -0.4 is 0 Å². The Balaban J connectivity index is 3.43. The van der Waals surface area contributed by atoms with Crippen LogP contribution in [-0.4, -0.2) is 0 Å². The summed E-state index contributed by atoms with van der Waals surface area (Å²) in [5.41, 5.74) is -0.284. The molecule has 0 saturated heterocycles. The van der Waals surface area contributed by atoms with E-state index >= 15 is 0 Å². The van der Waals surface area contributed by atoms with Gasteiger partial charge in [-0.05, 0) is 18.6 Å². The summed E-state index contributed by atoms with van der Waals surface area (Å²) < 4.78 is 38.6. The summed E-state index contributed by atoms with van der Waals surface area (Å²) in [7, 11) is 0. The number of aryl methyl sites for hydroxylation is 1. The highest BCUT2D eigenvalue weighted by Gasteiger charge is 2.31. The standard InChI is InChI=1S/C9H8ClF3/c1-5-3-4-6(11)7(8(5)10)9(2,12)13/h3-4H,1-2H3. The highest BCUT2D eigenvalue weighted by atomic mass is 35.5. The fourth-order valence-corrected chi connectivity index (χ4v) is 1.38. The molecule has 0 heterocycles. The number of halogens is 4. The van der Waals surface area contributed by atoms with Crippen LogP contribution >= 0.6 is 11.6 Å². The van der Waals surface area contributed by atoms with Crippen LogP contribution in [0, 0.1) is 12.7 Å². The highest BCUT2D eigenvalue weighted by molar-refractivity contribution is 6.32. The lowest BCUT2D eigenvalue weighted by molar-refractivity contribution is 0.0138. The number of benzene rings is 1. The molecule has 0 amide bonds. The fraction of sp³-hybridized carbons (Fsp3) is 0.333. The lowest BCUT2D eigenvalue weighted by atomic mass is 10.1. The minimum Gasteiger partial charge on any atom is -0.206 e. The Morgan fingerprint density at radius 1 is 1.31 bits per heavy atom. The van der Waals surface area contributed by atoms with Crippen LogP contribution in [0.2, 0.25) is 5.02 Å². The molecule has 0 aliphatic rings. The van der Waals surface area contributed by atoms with Crippen LogP contribution in [0.4, 0.5) is 13.2 Å². The van der Waals surface area contributed by atoms with Crippen LogP contribution in [0.15, 0.2) is 12.1 Å². The minimum atomic E-state index is -3.24. The quantitative estimate of drug-likeness (QED) is 0.657. The van der Waals surface area contributed by atoms with Crippen LogP contribution in [0.5, 0.6) is 0 Å². The number of hydrogen-bond acceptors (Lipinski definition) is 0. The molecule has 0 N–H and O–H groups in total. The third kappa shape index (κ3) is 1.97. The molecule has 0 nitrogen and oxygen atoms in total. The van der Waals surface area contributed by atoms with Gasteiger partial charge >= 0.3 is 0 Å². The predicted molar refractivity (Wildman–Crippen MR) is 45.7 cm³/mol. The molecule has 1 aromatic rings. The maximum atomic E-state index is 13.0. The Labute approximate surface area is 79.3 Å². The van der Waals surface area contributed by atoms with Crippen molar-refractivity contribution in [2.45, 2.75) is 19.8 Å². The minimum absolute atomic E-state index is 0.201. The number of rotatable bonds is 1. The topological polar surface area (TPSA) is 0 Å². The van der Waals surface area contributed by atoms with Gasteiger partial charge in [0.25, 0.3) is 5.92 Å². The van der Waals surface area contributed by atoms with Gasteiger partial charge in [-0.1, -0.05) is 17.7 Å². The van der Waals surface area contributed by atoms with E-state index in [0.29, 0.717) is 12.5 Å². The van der Waals surface area contributed by atoms with Gasteiger partial charge in [0, 0.05) is 6.92 Å². The van der Waals surface area contributed by atoms with Gasteiger partial charge in [-0.15, -0.1) is 0 Å². The van der Waals surface area contributed by atoms with Gasteiger partial charge in [-0.3, -0.25) is 0 Å². The van der Waals surface area contributed by atoms with Gasteiger partial charge in [-0.25, -0.2) is 13.2 Å². The molecule has 4 heteroatoms. The molecule has 0 aliphatic heterocycles. The van der Waals surface area contributed by atoms with E-state index < -0.39 is 17.3 Å². The highest BCUT2D eigenvalue weighted by Crippen LogP contribution is 2.36. The van der Waals surface area contributed by atoms with E-state index in [2.05, 4.69) is 0 Å². The zero-order chi connectivity index (χ0) is 10.2. The molecule has 0 spiro atoms. The zero-order valence-electron chi connectivity index (χ0n) is 7.17. The molecule has 0 saturated carbocycles. The second-order valence-electron chi connectivity index (χ2n) is 2.94. The summed E-state index contributed by atoms with van der Waals surface area (Å²) in [4.78, 5) is 0. The van der Waals surface area contributed by atoms with Gasteiger partial charge in [0.1, 0.15) is 5.82 Å². The summed E-state index contributed by atoms with van der Waals surface area (Å²) >= 11 is 5.56. The van der Waals surface area contributed by atoms with Gasteiger partial charge in [0.15, 0.2) is 0 Å². The molecule has 0 fully saturated rings. The van der Waals surface area contributed by atoms with E-state index in [1.54, 1.807) is 6.92 Å². The van der Waals surface area contributed by atoms with Crippen molar-refractivity contribution < 1.29 is 13.2 Å². The largest absolute Gasteiger partial charge is 0.274 e. The number of alkyl halides is 2. The van der Waals surface area contributed by atoms with Crippen LogP contribution in [-0.2, 0) is 5.92 Å². The summed E-state index contributed by atoms with van der Waals surface area (Å²) in [6.45, 7) is 2.17. The van der Waals surface area contributed by atoms with Crippen molar-refractivity contribution in [1.82, 2.24) is 0 Å². The van der Waals surface area contributed by atoms with E-state index in [-0.39, 0.29) is 5.02 Å². The molecule has 0 bridgehead atoms. The van der Waals surface area contributed by atoms with Crippen molar-refractivity contribution in [1.29, 1.82) is 0 Å². The average molecular weight is 209 g/mol. The Morgan fingerprint density at radius 2 is 1.85 bits per heavy atom. The number of hydrogen-bond donors (Lipinski definition) is 0. The van der Waals surface area contributed by atoms with E-state index in [9.17, 15) is 13.2 Å². The summed E-state index contributed by atoms with van der Waals surface area (Å²) in [6, 6.07) is 2.36. The van der Waals surface area contributed by atoms with E-state index in [1.165, 1.54) is 6.07 Å². The van der Waals surface area contributed by atoms with E-state index in [0.717, 1.165) is 6.07 Å². The zero-order valence-corrected chi connectivity index (χ0v) is 7.92. The summed E-state index contributed by atoms with van der Waals surface area (Å²) in [6.07, 6.45) is 0. The second kappa shape index (κ2) is 3.22. The molecule has 0 radical (unpaired) electrons. The van der Waals surface area contributed by atoms with E-state index in [1.807, 2.05) is 0 Å². The first-order valence-electron chi connectivity index (χ1n) is 3.67. The molecule has 0 aromatic heterocycles. The first kappa shape index (κ1) is 10.4. The molecule has 13 heavy (non-hydrogen) atoms. The molecular formula is C9H8ClF3. The van der Waals surface area contributed by atoms with Crippen molar-refractivity contribution in [2.75, 3.05) is 0 Å². The maximum Gasteiger partial charge on any atom is 0.274 e. The molecule has 0 atom stereocenters. The smallest absolute Gasteiger partial charge is 0.206 e. The van der Waals surface area contributed by atoms with Crippen molar-refractivity contribution in [3.8, 4) is 0 Å². The Morgan fingerprint density at radius 3 is 2.23 bits per heavy atom. The Hall–Kier alpha value is -0.700. The maximum absolute atomic E-state index is 13.0. The van der Waals surface area contributed by atoms with Crippen LogP contribution in [0.3, 0.4) is 0 Å². The molecule has 0 aliphatic carbocycles. The second-order valence-corrected chi connectivity index (χ2v) is 3.32. The molecule has 1 rings (SSSR count). The van der Waals surface area contributed by atoms with Gasteiger partial charge in [0.05, 0.1) is 10.6 Å². The Kier molecular flexibility index (Phi) is 2.57. The summed E-state index contributed by atoms with van der Waals surface area (Å²) in [5, 5.41) is -0.201. The molecular weight excluding hydrogens is 201 g/mol. The van der Waals surface area contributed by atoms with Gasteiger partial charge in [0.2, 0.25) is 0 Å². The average Bonchev–Trinajstić information content (AvgIpc) is 1.95. The van der Waals surface area contributed by atoms with Crippen molar-refractivity contribution in [3.05, 3.63) is 34.1 Å². The molecule has 0 unspecified atom stereocenters. The molecule has 1 aromatic carbocycles. The Bertz CT molecular complexity index is 328. The lowest BCUT2D eigenvalue weighted by Crippen LogP contribution is -2.11. The van der Waals surface area contributed by atoms with Gasteiger partial charge < -0.3 is 0 Å². The first-order chi connectivity index (χ1) is 5.84. The fourth-order valence-electron chi connectivity index (χ4n) is 1.06. The third-order valence-electron chi connectivity index (χ3n) is 1.72. The van der Waals surface area contributed by atoms with Crippen molar-refractivity contribution in [3.63, 3.8) is 0 Å². The molecule has 72 valence electrons. The first-order valence-corrected chi connectivity index (χ1v) is 4.04. The van der Waals surface area contributed by atoms with Crippen molar-refractivity contribution in [2.24, 2.45) is 0 Å². The SMILES string of the molecule is Cc1ccc(F)c(C(C)(F)F)c1Cl. The summed E-state index contributed by atoms with van der Waals surface area (Å²) in [5.74, 6) is -4.21.